The highest BCUT2D eigenvalue weighted by Gasteiger charge is 2.19. The molecule has 4 heteroatoms. The molecule has 0 fully saturated rings. The van der Waals surface area contributed by atoms with Gasteiger partial charge in [0.05, 0.1) is 12.0 Å². The molecule has 2 aromatic rings. The molecule has 1 N–H and O–H groups in total. The van der Waals surface area contributed by atoms with Crippen molar-refractivity contribution < 1.29 is 9.90 Å². The Bertz CT molecular complexity index is 627. The van der Waals surface area contributed by atoms with Gasteiger partial charge < -0.3 is 9.67 Å². The Hall–Kier alpha value is -2.10. The van der Waals surface area contributed by atoms with E-state index in [1.54, 1.807) is 10.9 Å². The van der Waals surface area contributed by atoms with Crippen molar-refractivity contribution in [1.29, 1.82) is 0 Å². The molecule has 0 atom stereocenters. The maximum atomic E-state index is 11.3. The van der Waals surface area contributed by atoms with Crippen LogP contribution < -0.4 is 0 Å². The highest BCUT2D eigenvalue weighted by atomic mass is 16.4. The number of carboxylic acid groups (broad SMARTS) is 1. The maximum Gasteiger partial charge on any atom is 0.356 e. The first-order valence-corrected chi connectivity index (χ1v) is 6.27. The summed E-state index contributed by atoms with van der Waals surface area (Å²) in [7, 11) is 1.82. The van der Waals surface area contributed by atoms with Crippen molar-refractivity contribution in [2.24, 2.45) is 7.05 Å². The fourth-order valence-corrected chi connectivity index (χ4v) is 2.16. The van der Waals surface area contributed by atoms with E-state index in [0.29, 0.717) is 11.6 Å². The number of aromatic nitrogens is 2. The predicted molar refractivity (Wildman–Crippen MR) is 74.4 cm³/mol. The summed E-state index contributed by atoms with van der Waals surface area (Å²) in [6.45, 7) is 6.23. The third-order valence-corrected chi connectivity index (χ3v) is 3.32. The van der Waals surface area contributed by atoms with Crippen molar-refractivity contribution in [2.75, 3.05) is 0 Å². The SMILES string of the molecule is Cc1ccc(C(C)C)cc1-c1c(C(=O)O)ncn1C. The van der Waals surface area contributed by atoms with Gasteiger partial charge >= 0.3 is 5.97 Å². The minimum atomic E-state index is -0.995. The van der Waals surface area contributed by atoms with Gasteiger partial charge in [0.25, 0.3) is 0 Å². The van der Waals surface area contributed by atoms with Crippen LogP contribution in [0.5, 0.6) is 0 Å². The van der Waals surface area contributed by atoms with E-state index in [0.717, 1.165) is 11.1 Å². The first kappa shape index (κ1) is 13.3. The van der Waals surface area contributed by atoms with Crippen LogP contribution in [0.4, 0.5) is 0 Å². The van der Waals surface area contributed by atoms with Crippen molar-refractivity contribution in [3.05, 3.63) is 41.3 Å². The minimum Gasteiger partial charge on any atom is -0.476 e. The molecule has 19 heavy (non-hydrogen) atoms. The summed E-state index contributed by atoms with van der Waals surface area (Å²) in [5, 5.41) is 9.23. The molecule has 0 saturated heterocycles. The van der Waals surface area contributed by atoms with Crippen molar-refractivity contribution >= 4 is 5.97 Å². The van der Waals surface area contributed by atoms with Crippen molar-refractivity contribution in [3.63, 3.8) is 0 Å². The lowest BCUT2D eigenvalue weighted by Crippen LogP contribution is -2.03. The maximum absolute atomic E-state index is 11.3. The summed E-state index contributed by atoms with van der Waals surface area (Å²) < 4.78 is 1.76. The Morgan fingerprint density at radius 3 is 2.63 bits per heavy atom. The zero-order chi connectivity index (χ0) is 14.2. The summed E-state index contributed by atoms with van der Waals surface area (Å²) in [4.78, 5) is 15.2. The molecule has 1 heterocycles. The highest BCUT2D eigenvalue weighted by Crippen LogP contribution is 2.29. The van der Waals surface area contributed by atoms with E-state index in [4.69, 9.17) is 0 Å². The first-order valence-electron chi connectivity index (χ1n) is 6.27. The van der Waals surface area contributed by atoms with Crippen LogP contribution in [0.15, 0.2) is 24.5 Å². The Labute approximate surface area is 112 Å². The van der Waals surface area contributed by atoms with E-state index in [-0.39, 0.29) is 5.69 Å². The summed E-state index contributed by atoms with van der Waals surface area (Å²) in [6, 6.07) is 6.17. The van der Waals surface area contributed by atoms with Crippen LogP contribution in [0.2, 0.25) is 0 Å². The van der Waals surface area contributed by atoms with Crippen molar-refractivity contribution in [1.82, 2.24) is 9.55 Å². The van der Waals surface area contributed by atoms with Gasteiger partial charge in [-0.2, -0.15) is 0 Å². The standard InChI is InChI=1S/C15H18N2O2/c1-9(2)11-6-5-10(3)12(7-11)14-13(15(18)19)16-8-17(14)4/h5-9H,1-4H3,(H,18,19). The summed E-state index contributed by atoms with van der Waals surface area (Å²) in [6.07, 6.45) is 1.54. The Balaban J connectivity index is 2.68. The number of aromatic carboxylic acids is 1. The zero-order valence-corrected chi connectivity index (χ0v) is 11.6. The number of hydrogen-bond acceptors (Lipinski definition) is 2. The highest BCUT2D eigenvalue weighted by molar-refractivity contribution is 5.93. The van der Waals surface area contributed by atoms with Gasteiger partial charge in [-0.15, -0.1) is 0 Å². The molecular formula is C15H18N2O2. The number of carbonyl (C=O) groups is 1. The van der Waals surface area contributed by atoms with Crippen LogP contribution in [0.1, 0.15) is 41.4 Å². The molecule has 0 spiro atoms. The first-order chi connectivity index (χ1) is 8.91. The average Bonchev–Trinajstić information content (AvgIpc) is 2.71. The number of carboxylic acids is 1. The Morgan fingerprint density at radius 1 is 1.37 bits per heavy atom. The number of aryl methyl sites for hydroxylation is 2. The lowest BCUT2D eigenvalue weighted by atomic mass is 9.95. The lowest BCUT2D eigenvalue weighted by molar-refractivity contribution is 0.0692. The molecule has 0 bridgehead atoms. The van der Waals surface area contributed by atoms with Gasteiger partial charge in [-0.05, 0) is 30.0 Å². The molecule has 2 rings (SSSR count). The van der Waals surface area contributed by atoms with E-state index < -0.39 is 5.97 Å². The molecule has 1 aromatic carbocycles. The molecule has 4 nitrogen and oxygen atoms in total. The van der Waals surface area contributed by atoms with Crippen LogP contribution in [0.25, 0.3) is 11.3 Å². The molecule has 0 amide bonds. The quantitative estimate of drug-likeness (QED) is 0.919. The van der Waals surface area contributed by atoms with E-state index in [2.05, 4.69) is 31.0 Å². The van der Waals surface area contributed by atoms with Crippen LogP contribution in [-0.4, -0.2) is 20.6 Å². The number of imidazole rings is 1. The largest absolute Gasteiger partial charge is 0.476 e. The fraction of sp³-hybridized carbons (Fsp3) is 0.333. The van der Waals surface area contributed by atoms with E-state index in [1.807, 2.05) is 20.0 Å². The van der Waals surface area contributed by atoms with Crippen LogP contribution in [-0.2, 0) is 7.05 Å². The van der Waals surface area contributed by atoms with Crippen molar-refractivity contribution in [3.8, 4) is 11.3 Å². The lowest BCUT2D eigenvalue weighted by Gasteiger charge is -2.12. The molecule has 0 aliphatic rings. The second-order valence-corrected chi connectivity index (χ2v) is 5.09. The Kier molecular flexibility index (Phi) is 3.42. The monoisotopic (exact) mass is 258 g/mol. The van der Waals surface area contributed by atoms with Gasteiger partial charge in [0.2, 0.25) is 0 Å². The molecule has 1 aromatic heterocycles. The van der Waals surface area contributed by atoms with Crippen LogP contribution >= 0.6 is 0 Å². The number of nitrogens with zero attached hydrogens (tertiary/aromatic N) is 2. The number of hydrogen-bond donors (Lipinski definition) is 1. The molecule has 0 saturated carbocycles. The minimum absolute atomic E-state index is 0.103. The molecule has 100 valence electrons. The van der Waals surface area contributed by atoms with E-state index in [1.165, 1.54) is 5.56 Å². The molecular weight excluding hydrogens is 240 g/mol. The van der Waals surface area contributed by atoms with Gasteiger partial charge in [-0.3, -0.25) is 0 Å². The third-order valence-electron chi connectivity index (χ3n) is 3.32. The fourth-order valence-electron chi connectivity index (χ4n) is 2.16. The van der Waals surface area contributed by atoms with Gasteiger partial charge in [0, 0.05) is 12.6 Å². The summed E-state index contributed by atoms with van der Waals surface area (Å²) in [5.41, 5.74) is 3.94. The van der Waals surface area contributed by atoms with Gasteiger partial charge in [0.1, 0.15) is 0 Å². The second kappa shape index (κ2) is 4.88. The topological polar surface area (TPSA) is 55.1 Å². The zero-order valence-electron chi connectivity index (χ0n) is 11.6. The van der Waals surface area contributed by atoms with Crippen LogP contribution in [0, 0.1) is 6.92 Å². The second-order valence-electron chi connectivity index (χ2n) is 5.09. The molecule has 0 radical (unpaired) electrons. The molecule has 0 unspecified atom stereocenters. The van der Waals surface area contributed by atoms with Crippen molar-refractivity contribution in [2.45, 2.75) is 26.7 Å². The smallest absolute Gasteiger partial charge is 0.356 e. The van der Waals surface area contributed by atoms with E-state index in [9.17, 15) is 9.90 Å². The summed E-state index contributed by atoms with van der Waals surface area (Å²) >= 11 is 0. The molecule has 0 aliphatic heterocycles. The number of rotatable bonds is 3. The predicted octanol–water partition coefficient (Wildman–Crippen LogP) is 3.22. The normalized spacial score (nSPS) is 11.0. The molecule has 0 aliphatic carbocycles. The Morgan fingerprint density at radius 2 is 2.05 bits per heavy atom. The van der Waals surface area contributed by atoms with E-state index >= 15 is 0 Å². The number of benzene rings is 1. The average molecular weight is 258 g/mol. The van der Waals surface area contributed by atoms with Gasteiger partial charge in [-0.25, -0.2) is 9.78 Å². The van der Waals surface area contributed by atoms with Crippen LogP contribution in [0.3, 0.4) is 0 Å². The van der Waals surface area contributed by atoms with Gasteiger partial charge in [0.15, 0.2) is 5.69 Å². The summed E-state index contributed by atoms with van der Waals surface area (Å²) in [5.74, 6) is -0.592. The van der Waals surface area contributed by atoms with Gasteiger partial charge in [-0.1, -0.05) is 26.0 Å². The third kappa shape index (κ3) is 2.38.